The highest BCUT2D eigenvalue weighted by Gasteiger charge is 2.44. The number of carbonyl (C=O) groups excluding carboxylic acids is 2. The first kappa shape index (κ1) is 17.7. The van der Waals surface area contributed by atoms with Gasteiger partial charge in [0.25, 0.3) is 11.8 Å². The van der Waals surface area contributed by atoms with Crippen LogP contribution < -0.4 is 4.90 Å². The van der Waals surface area contributed by atoms with Gasteiger partial charge in [-0.3, -0.25) is 9.59 Å². The van der Waals surface area contributed by atoms with Crippen LogP contribution in [0.5, 0.6) is 0 Å². The summed E-state index contributed by atoms with van der Waals surface area (Å²) in [5.41, 5.74) is 0.549. The van der Waals surface area contributed by atoms with Gasteiger partial charge < -0.3 is 23.7 Å². The molecule has 0 radical (unpaired) electrons. The van der Waals surface area contributed by atoms with Crippen molar-refractivity contribution in [1.82, 2.24) is 9.88 Å². The molecule has 27 heavy (non-hydrogen) atoms. The summed E-state index contributed by atoms with van der Waals surface area (Å²) in [4.78, 5) is 32.7. The second-order valence-corrected chi connectivity index (χ2v) is 6.83. The fourth-order valence-electron chi connectivity index (χ4n) is 3.52. The van der Waals surface area contributed by atoms with E-state index in [4.69, 9.17) is 13.9 Å². The number of carbonyl (C=O) groups is 2. The average Bonchev–Trinajstić information content (AvgIpc) is 3.05. The summed E-state index contributed by atoms with van der Waals surface area (Å²) in [7, 11) is 0. The number of hydrogen-bond donors (Lipinski definition) is 0. The molecule has 1 aromatic carbocycles. The molecule has 4 rings (SSSR count). The molecule has 1 unspecified atom stereocenters. The van der Waals surface area contributed by atoms with Crippen LogP contribution in [0.1, 0.15) is 16.2 Å². The molecule has 2 aliphatic rings. The van der Waals surface area contributed by atoms with Gasteiger partial charge in [0.05, 0.1) is 32.0 Å². The summed E-state index contributed by atoms with van der Waals surface area (Å²) in [6, 6.07) is 9.41. The van der Waals surface area contributed by atoms with Crippen molar-refractivity contribution in [3.8, 4) is 0 Å². The van der Waals surface area contributed by atoms with Crippen LogP contribution in [0.15, 0.2) is 41.1 Å². The lowest BCUT2D eigenvalue weighted by atomic mass is 10.0. The highest BCUT2D eigenvalue weighted by molar-refractivity contribution is 5.95. The highest BCUT2D eigenvalue weighted by atomic mass is 16.5. The van der Waals surface area contributed by atoms with Crippen molar-refractivity contribution in [3.05, 3.63) is 48.2 Å². The predicted molar refractivity (Wildman–Crippen MR) is 95.4 cm³/mol. The van der Waals surface area contributed by atoms with Gasteiger partial charge in [-0.2, -0.15) is 0 Å². The standard InChI is InChI=1S/C19H21N3O5/c1-14-17(26-13-20-14)18(24)21-7-8-27-19(10-21)11-22(16(23)9-25-12-19)15-5-3-2-4-6-15/h2-6,13H,7-12H2,1H3. The Bertz CT molecular complexity index is 837. The number of aryl methyl sites for hydroxylation is 1. The minimum absolute atomic E-state index is 0.0187. The van der Waals surface area contributed by atoms with E-state index in [0.29, 0.717) is 31.9 Å². The zero-order valence-corrected chi connectivity index (χ0v) is 15.1. The van der Waals surface area contributed by atoms with E-state index in [0.717, 1.165) is 5.69 Å². The predicted octanol–water partition coefficient (Wildman–Crippen LogP) is 1.26. The van der Waals surface area contributed by atoms with Crippen LogP contribution in [0.3, 0.4) is 0 Å². The highest BCUT2D eigenvalue weighted by Crippen LogP contribution is 2.27. The summed E-state index contributed by atoms with van der Waals surface area (Å²) in [6.07, 6.45) is 1.27. The van der Waals surface area contributed by atoms with E-state index in [9.17, 15) is 9.59 Å². The minimum atomic E-state index is -0.788. The van der Waals surface area contributed by atoms with E-state index >= 15 is 0 Å². The van der Waals surface area contributed by atoms with Crippen LogP contribution >= 0.6 is 0 Å². The third-order valence-electron chi connectivity index (χ3n) is 4.88. The molecule has 1 aromatic heterocycles. The maximum atomic E-state index is 12.8. The number of para-hydroxylation sites is 1. The minimum Gasteiger partial charge on any atom is -0.438 e. The molecule has 1 spiro atoms. The van der Waals surface area contributed by atoms with Crippen molar-refractivity contribution in [1.29, 1.82) is 0 Å². The Morgan fingerprint density at radius 2 is 2.04 bits per heavy atom. The fourth-order valence-corrected chi connectivity index (χ4v) is 3.52. The van der Waals surface area contributed by atoms with Gasteiger partial charge in [0.1, 0.15) is 12.2 Å². The van der Waals surface area contributed by atoms with Gasteiger partial charge >= 0.3 is 0 Å². The number of anilines is 1. The zero-order valence-electron chi connectivity index (χ0n) is 15.1. The number of nitrogens with zero attached hydrogens (tertiary/aromatic N) is 3. The topological polar surface area (TPSA) is 85.1 Å². The quantitative estimate of drug-likeness (QED) is 0.790. The number of morpholine rings is 1. The third kappa shape index (κ3) is 3.45. The number of ether oxygens (including phenoxy) is 2. The maximum Gasteiger partial charge on any atom is 0.291 e. The van der Waals surface area contributed by atoms with E-state index in [-0.39, 0.29) is 30.8 Å². The van der Waals surface area contributed by atoms with Crippen molar-refractivity contribution < 1.29 is 23.5 Å². The summed E-state index contributed by atoms with van der Waals surface area (Å²) in [6.45, 7) is 3.38. The van der Waals surface area contributed by atoms with Gasteiger partial charge in [-0.05, 0) is 19.1 Å². The van der Waals surface area contributed by atoms with Crippen molar-refractivity contribution in [2.24, 2.45) is 0 Å². The van der Waals surface area contributed by atoms with Gasteiger partial charge in [0.2, 0.25) is 5.76 Å². The molecule has 0 N–H and O–H groups in total. The molecule has 0 bridgehead atoms. The van der Waals surface area contributed by atoms with Crippen molar-refractivity contribution in [2.75, 3.05) is 44.4 Å². The van der Waals surface area contributed by atoms with Gasteiger partial charge in [-0.25, -0.2) is 4.98 Å². The van der Waals surface area contributed by atoms with E-state index in [1.54, 1.807) is 16.7 Å². The summed E-state index contributed by atoms with van der Waals surface area (Å²) >= 11 is 0. The first-order valence-corrected chi connectivity index (χ1v) is 8.84. The molecular weight excluding hydrogens is 350 g/mol. The van der Waals surface area contributed by atoms with Crippen LogP contribution in [-0.2, 0) is 14.3 Å². The molecule has 2 aliphatic heterocycles. The number of oxazole rings is 1. The third-order valence-corrected chi connectivity index (χ3v) is 4.88. The van der Waals surface area contributed by atoms with Crippen molar-refractivity contribution in [2.45, 2.75) is 12.5 Å². The Labute approximate surface area is 156 Å². The Morgan fingerprint density at radius 1 is 1.22 bits per heavy atom. The normalized spacial score (nSPS) is 23.5. The summed E-state index contributed by atoms with van der Waals surface area (Å²) in [5.74, 6) is -0.122. The molecule has 3 heterocycles. The SMILES string of the molecule is Cc1ncoc1C(=O)N1CCOC2(COCC(=O)N(c3ccccc3)C2)C1. The molecule has 8 heteroatoms. The molecule has 2 aromatic rings. The first-order chi connectivity index (χ1) is 13.1. The molecule has 0 saturated carbocycles. The summed E-state index contributed by atoms with van der Waals surface area (Å²) < 4.78 is 16.9. The Balaban J connectivity index is 1.58. The van der Waals surface area contributed by atoms with E-state index in [1.807, 2.05) is 30.3 Å². The number of amides is 2. The molecule has 142 valence electrons. The van der Waals surface area contributed by atoms with Gasteiger partial charge in [0.15, 0.2) is 6.39 Å². The molecule has 2 amide bonds. The lowest BCUT2D eigenvalue weighted by molar-refractivity contribution is -0.129. The van der Waals surface area contributed by atoms with E-state index < -0.39 is 5.60 Å². The largest absolute Gasteiger partial charge is 0.438 e. The lowest BCUT2D eigenvalue weighted by Crippen LogP contribution is -2.60. The van der Waals surface area contributed by atoms with Crippen LogP contribution in [0.25, 0.3) is 0 Å². The van der Waals surface area contributed by atoms with Crippen LogP contribution in [0, 0.1) is 6.92 Å². The monoisotopic (exact) mass is 371 g/mol. The number of benzene rings is 1. The van der Waals surface area contributed by atoms with Crippen LogP contribution in [0.4, 0.5) is 5.69 Å². The van der Waals surface area contributed by atoms with Crippen LogP contribution in [0.2, 0.25) is 0 Å². The average molecular weight is 371 g/mol. The van der Waals surface area contributed by atoms with Crippen molar-refractivity contribution in [3.63, 3.8) is 0 Å². The van der Waals surface area contributed by atoms with Gasteiger partial charge in [0, 0.05) is 12.2 Å². The van der Waals surface area contributed by atoms with Crippen molar-refractivity contribution >= 4 is 17.5 Å². The number of aromatic nitrogens is 1. The zero-order chi connectivity index (χ0) is 18.9. The molecule has 8 nitrogen and oxygen atoms in total. The molecule has 2 fully saturated rings. The Morgan fingerprint density at radius 3 is 2.78 bits per heavy atom. The fraction of sp³-hybridized carbons (Fsp3) is 0.421. The van der Waals surface area contributed by atoms with E-state index in [2.05, 4.69) is 4.98 Å². The van der Waals surface area contributed by atoms with Crippen LogP contribution in [-0.4, -0.2) is 66.8 Å². The molecular formula is C19H21N3O5. The van der Waals surface area contributed by atoms with Gasteiger partial charge in [-0.1, -0.05) is 18.2 Å². The van der Waals surface area contributed by atoms with E-state index in [1.165, 1.54) is 6.39 Å². The second kappa shape index (κ2) is 7.13. The smallest absolute Gasteiger partial charge is 0.291 e. The number of rotatable bonds is 2. The maximum absolute atomic E-state index is 12.8. The Hall–Kier alpha value is -2.71. The molecule has 2 saturated heterocycles. The second-order valence-electron chi connectivity index (χ2n) is 6.83. The molecule has 0 aliphatic carbocycles. The van der Waals surface area contributed by atoms with Gasteiger partial charge in [-0.15, -0.1) is 0 Å². The first-order valence-electron chi connectivity index (χ1n) is 8.84. The molecule has 1 atom stereocenters. The number of hydrogen-bond acceptors (Lipinski definition) is 6. The Kier molecular flexibility index (Phi) is 4.67. The summed E-state index contributed by atoms with van der Waals surface area (Å²) in [5, 5.41) is 0. The lowest BCUT2D eigenvalue weighted by Gasteiger charge is -2.43.